The molecule has 0 bridgehead atoms. The van der Waals surface area contributed by atoms with Crippen molar-refractivity contribution in [2.45, 2.75) is 32.5 Å². The average Bonchev–Trinajstić information content (AvgIpc) is 2.32. The minimum absolute atomic E-state index is 0.0696. The van der Waals surface area contributed by atoms with Crippen molar-refractivity contribution in [3.63, 3.8) is 0 Å². The summed E-state index contributed by atoms with van der Waals surface area (Å²) in [5.74, 6) is 0.435. The normalized spacial score (nSPS) is 26.5. The predicted octanol–water partition coefficient (Wildman–Crippen LogP) is 0.152. The molecule has 0 aromatic heterocycles. The van der Waals surface area contributed by atoms with Crippen molar-refractivity contribution < 1.29 is 14.3 Å². The maximum atomic E-state index is 11.7. The van der Waals surface area contributed by atoms with E-state index in [1.165, 1.54) is 0 Å². The largest absolute Gasteiger partial charge is 0.383 e. The lowest BCUT2D eigenvalue weighted by Crippen LogP contribution is -2.46. The van der Waals surface area contributed by atoms with E-state index in [0.717, 1.165) is 19.5 Å². The summed E-state index contributed by atoms with van der Waals surface area (Å²) in [6.45, 7) is 6.89. The third-order valence-electron chi connectivity index (χ3n) is 3.11. The molecule has 0 radical (unpaired) electrons. The summed E-state index contributed by atoms with van der Waals surface area (Å²) in [4.78, 5) is 11.7. The van der Waals surface area contributed by atoms with Gasteiger partial charge in [-0.3, -0.25) is 4.79 Å². The number of rotatable bonds is 6. The highest BCUT2D eigenvalue weighted by molar-refractivity contribution is 5.80. The van der Waals surface area contributed by atoms with Gasteiger partial charge in [0.25, 0.3) is 0 Å². The first kappa shape index (κ1) is 14.4. The Kier molecular flexibility index (Phi) is 6.47. The number of piperidine rings is 1. The maximum absolute atomic E-state index is 11.7. The molecule has 0 aliphatic carbocycles. The summed E-state index contributed by atoms with van der Waals surface area (Å²) >= 11 is 0. The van der Waals surface area contributed by atoms with E-state index in [2.05, 4.69) is 17.6 Å². The van der Waals surface area contributed by atoms with E-state index in [-0.39, 0.29) is 12.0 Å². The van der Waals surface area contributed by atoms with Crippen molar-refractivity contribution in [2.24, 2.45) is 5.92 Å². The van der Waals surface area contributed by atoms with Crippen LogP contribution in [-0.4, -0.2) is 51.5 Å². The molecule has 0 aromatic carbocycles. The molecule has 0 saturated carbocycles. The van der Waals surface area contributed by atoms with E-state index in [9.17, 15) is 4.79 Å². The molecular formula is C12H24N2O3. The summed E-state index contributed by atoms with van der Waals surface area (Å²) in [7, 11) is 1.61. The number of amides is 1. The van der Waals surface area contributed by atoms with Crippen LogP contribution in [0.5, 0.6) is 0 Å². The van der Waals surface area contributed by atoms with Gasteiger partial charge in [0.2, 0.25) is 5.91 Å². The first-order valence-corrected chi connectivity index (χ1v) is 6.28. The summed E-state index contributed by atoms with van der Waals surface area (Å²) in [6.07, 6.45) is 0.828. The molecule has 1 aliphatic rings. The molecule has 1 heterocycles. The van der Waals surface area contributed by atoms with Crippen molar-refractivity contribution >= 4 is 5.91 Å². The van der Waals surface area contributed by atoms with Crippen molar-refractivity contribution in [1.29, 1.82) is 0 Å². The second-order valence-corrected chi connectivity index (χ2v) is 4.57. The van der Waals surface area contributed by atoms with Crippen LogP contribution in [0.15, 0.2) is 0 Å². The Bertz CT molecular complexity index is 236. The lowest BCUT2D eigenvalue weighted by atomic mass is 9.97. The van der Waals surface area contributed by atoms with Crippen molar-refractivity contribution in [1.82, 2.24) is 10.6 Å². The van der Waals surface area contributed by atoms with Crippen molar-refractivity contribution in [2.75, 3.05) is 33.4 Å². The number of hydrogen-bond acceptors (Lipinski definition) is 4. The van der Waals surface area contributed by atoms with E-state index in [4.69, 9.17) is 9.47 Å². The number of ether oxygens (including phenoxy) is 2. The van der Waals surface area contributed by atoms with Gasteiger partial charge >= 0.3 is 0 Å². The smallest absolute Gasteiger partial charge is 0.248 e. The molecule has 5 heteroatoms. The zero-order valence-electron chi connectivity index (χ0n) is 11.0. The molecule has 2 N–H and O–H groups in total. The van der Waals surface area contributed by atoms with E-state index in [1.54, 1.807) is 14.0 Å². The third-order valence-corrected chi connectivity index (χ3v) is 3.11. The number of methoxy groups -OCH3 is 1. The van der Waals surface area contributed by atoms with Gasteiger partial charge in [0.15, 0.2) is 0 Å². The van der Waals surface area contributed by atoms with Gasteiger partial charge in [0.05, 0.1) is 12.7 Å². The van der Waals surface area contributed by atoms with Crippen LogP contribution in [-0.2, 0) is 14.3 Å². The summed E-state index contributed by atoms with van der Waals surface area (Å²) in [6, 6.07) is 0. The van der Waals surface area contributed by atoms with Crippen LogP contribution in [0.4, 0.5) is 0 Å². The minimum atomic E-state index is -0.404. The van der Waals surface area contributed by atoms with Crippen LogP contribution in [0.3, 0.4) is 0 Å². The van der Waals surface area contributed by atoms with Crippen molar-refractivity contribution in [3.8, 4) is 0 Å². The fourth-order valence-electron chi connectivity index (χ4n) is 1.89. The van der Waals surface area contributed by atoms with Gasteiger partial charge in [-0.1, -0.05) is 6.92 Å². The van der Waals surface area contributed by atoms with Crippen LogP contribution in [0, 0.1) is 5.92 Å². The first-order valence-electron chi connectivity index (χ1n) is 6.28. The Hall–Kier alpha value is -0.650. The molecule has 0 spiro atoms. The maximum Gasteiger partial charge on any atom is 0.248 e. The summed E-state index contributed by atoms with van der Waals surface area (Å²) in [5, 5.41) is 6.06. The molecule has 5 nitrogen and oxygen atoms in total. The van der Waals surface area contributed by atoms with Gasteiger partial charge in [-0.15, -0.1) is 0 Å². The predicted molar refractivity (Wildman–Crippen MR) is 65.9 cm³/mol. The van der Waals surface area contributed by atoms with Gasteiger partial charge in [-0.25, -0.2) is 0 Å². The van der Waals surface area contributed by atoms with Gasteiger partial charge in [-0.05, 0) is 25.8 Å². The average molecular weight is 244 g/mol. The highest BCUT2D eigenvalue weighted by atomic mass is 16.5. The van der Waals surface area contributed by atoms with Gasteiger partial charge in [0, 0.05) is 20.2 Å². The van der Waals surface area contributed by atoms with Crippen LogP contribution < -0.4 is 10.6 Å². The second-order valence-electron chi connectivity index (χ2n) is 4.57. The summed E-state index contributed by atoms with van der Waals surface area (Å²) < 4.78 is 10.7. The Balaban J connectivity index is 2.26. The van der Waals surface area contributed by atoms with Crippen LogP contribution >= 0.6 is 0 Å². The van der Waals surface area contributed by atoms with E-state index < -0.39 is 6.10 Å². The molecule has 3 unspecified atom stereocenters. The molecular weight excluding hydrogens is 220 g/mol. The monoisotopic (exact) mass is 244 g/mol. The van der Waals surface area contributed by atoms with E-state index in [0.29, 0.717) is 19.1 Å². The molecule has 1 fully saturated rings. The lowest BCUT2D eigenvalue weighted by molar-refractivity contribution is -0.138. The molecule has 17 heavy (non-hydrogen) atoms. The van der Waals surface area contributed by atoms with Crippen molar-refractivity contribution in [3.05, 3.63) is 0 Å². The Morgan fingerprint density at radius 1 is 1.59 bits per heavy atom. The zero-order valence-corrected chi connectivity index (χ0v) is 11.0. The Labute approximate surface area is 103 Å². The quantitative estimate of drug-likeness (QED) is 0.653. The van der Waals surface area contributed by atoms with Crippen LogP contribution in [0.2, 0.25) is 0 Å². The minimum Gasteiger partial charge on any atom is -0.383 e. The van der Waals surface area contributed by atoms with E-state index >= 15 is 0 Å². The number of carbonyl (C=O) groups is 1. The topological polar surface area (TPSA) is 59.6 Å². The molecule has 1 saturated heterocycles. The number of nitrogens with one attached hydrogen (secondary N) is 2. The fourth-order valence-corrected chi connectivity index (χ4v) is 1.89. The molecule has 0 aromatic rings. The SMILES string of the molecule is COCCNC(=O)C(C)OC1CNCCC1C. The van der Waals surface area contributed by atoms with Gasteiger partial charge in [0.1, 0.15) is 6.10 Å². The Morgan fingerprint density at radius 3 is 3.00 bits per heavy atom. The standard InChI is InChI=1S/C12H24N2O3/c1-9-4-5-13-8-11(9)17-10(2)12(15)14-6-7-16-3/h9-11,13H,4-8H2,1-3H3,(H,14,15). The second kappa shape index (κ2) is 7.63. The molecule has 3 atom stereocenters. The van der Waals surface area contributed by atoms with Crippen LogP contribution in [0.25, 0.3) is 0 Å². The molecule has 1 rings (SSSR count). The highest BCUT2D eigenvalue weighted by Gasteiger charge is 2.25. The van der Waals surface area contributed by atoms with E-state index in [1.807, 2.05) is 0 Å². The fraction of sp³-hybridized carbons (Fsp3) is 0.917. The number of hydrogen-bond donors (Lipinski definition) is 2. The number of carbonyl (C=O) groups excluding carboxylic acids is 1. The van der Waals surface area contributed by atoms with Crippen LogP contribution in [0.1, 0.15) is 20.3 Å². The highest BCUT2D eigenvalue weighted by Crippen LogP contribution is 2.16. The lowest BCUT2D eigenvalue weighted by Gasteiger charge is -2.31. The third kappa shape index (κ3) is 5.02. The van der Waals surface area contributed by atoms with Gasteiger partial charge < -0.3 is 20.1 Å². The van der Waals surface area contributed by atoms with Gasteiger partial charge in [-0.2, -0.15) is 0 Å². The first-order chi connectivity index (χ1) is 8.15. The summed E-state index contributed by atoms with van der Waals surface area (Å²) in [5.41, 5.74) is 0. The molecule has 100 valence electrons. The molecule has 1 aliphatic heterocycles. The molecule has 1 amide bonds. The Morgan fingerprint density at radius 2 is 2.35 bits per heavy atom. The zero-order chi connectivity index (χ0) is 12.7.